The second-order valence-electron chi connectivity index (χ2n) is 6.38. The predicted octanol–water partition coefficient (Wildman–Crippen LogP) is 1.95. The van der Waals surface area contributed by atoms with Crippen LogP contribution in [0, 0.1) is 0 Å². The minimum Gasteiger partial charge on any atom is -0.493 e. The number of nitrogens with one attached hydrogen (secondary N) is 1. The van der Waals surface area contributed by atoms with E-state index in [4.69, 9.17) is 23.9 Å². The highest BCUT2D eigenvalue weighted by Gasteiger charge is 2.23. The fourth-order valence-electron chi connectivity index (χ4n) is 3.13. The van der Waals surface area contributed by atoms with Crippen molar-refractivity contribution < 1.29 is 23.7 Å². The van der Waals surface area contributed by atoms with Crippen LogP contribution in [0.25, 0.3) is 0 Å². The Hall–Kier alpha value is -2.84. The highest BCUT2D eigenvalue weighted by Crippen LogP contribution is 2.38. The van der Waals surface area contributed by atoms with Crippen molar-refractivity contribution in [3.63, 3.8) is 0 Å². The van der Waals surface area contributed by atoms with E-state index in [1.54, 1.807) is 26.2 Å². The van der Waals surface area contributed by atoms with Crippen molar-refractivity contribution in [2.24, 2.45) is 4.99 Å². The molecule has 9 nitrogen and oxygen atoms in total. The van der Waals surface area contributed by atoms with E-state index in [-0.39, 0.29) is 6.09 Å². The average molecular weight is 408 g/mol. The molecule has 1 saturated heterocycles. The van der Waals surface area contributed by atoms with Crippen LogP contribution in [0.5, 0.6) is 17.2 Å². The summed E-state index contributed by atoms with van der Waals surface area (Å²) in [5.74, 6) is 2.57. The largest absolute Gasteiger partial charge is 0.493 e. The molecule has 0 aliphatic carbocycles. The molecule has 1 aromatic rings. The zero-order valence-corrected chi connectivity index (χ0v) is 18.0. The lowest BCUT2D eigenvalue weighted by atomic mass is 10.2. The summed E-state index contributed by atoms with van der Waals surface area (Å²) in [6, 6.07) is 3.79. The minimum atomic E-state index is -0.258. The molecular weight excluding hydrogens is 376 g/mol. The van der Waals surface area contributed by atoms with Gasteiger partial charge >= 0.3 is 6.09 Å². The van der Waals surface area contributed by atoms with Crippen LogP contribution in [0.3, 0.4) is 0 Å². The lowest BCUT2D eigenvalue weighted by Crippen LogP contribution is -2.53. The van der Waals surface area contributed by atoms with Crippen molar-refractivity contribution >= 4 is 12.1 Å². The molecule has 0 spiro atoms. The summed E-state index contributed by atoms with van der Waals surface area (Å²) in [5, 5.41) is 3.33. The molecule has 1 fully saturated rings. The number of piperazine rings is 1. The number of carbonyl (C=O) groups excluding carboxylic acids is 1. The molecule has 9 heteroatoms. The first-order chi connectivity index (χ1) is 14.1. The molecule has 0 saturated carbocycles. The van der Waals surface area contributed by atoms with E-state index in [1.807, 2.05) is 26.0 Å². The van der Waals surface area contributed by atoms with Crippen molar-refractivity contribution in [1.29, 1.82) is 0 Å². The molecule has 0 unspecified atom stereocenters. The Labute approximate surface area is 172 Å². The lowest BCUT2D eigenvalue weighted by Gasteiger charge is -2.35. The number of amides is 1. The summed E-state index contributed by atoms with van der Waals surface area (Å²) < 4.78 is 21.3. The van der Waals surface area contributed by atoms with Gasteiger partial charge in [0.15, 0.2) is 17.5 Å². The number of methoxy groups -OCH3 is 3. The van der Waals surface area contributed by atoms with Crippen molar-refractivity contribution in [3.8, 4) is 17.2 Å². The summed E-state index contributed by atoms with van der Waals surface area (Å²) in [6.45, 7) is 8.04. The van der Waals surface area contributed by atoms with Gasteiger partial charge in [-0.25, -0.2) is 9.79 Å². The highest BCUT2D eigenvalue weighted by molar-refractivity contribution is 5.80. The molecule has 0 atom stereocenters. The van der Waals surface area contributed by atoms with Crippen LogP contribution in [0.4, 0.5) is 4.79 Å². The molecular formula is C20H32N4O5. The first-order valence-electron chi connectivity index (χ1n) is 9.81. The molecule has 1 aliphatic rings. The summed E-state index contributed by atoms with van der Waals surface area (Å²) in [7, 11) is 4.77. The molecule has 1 amide bonds. The van der Waals surface area contributed by atoms with Gasteiger partial charge < -0.3 is 34.1 Å². The maximum atomic E-state index is 11.9. The summed E-state index contributed by atoms with van der Waals surface area (Å²) >= 11 is 0. The van der Waals surface area contributed by atoms with Gasteiger partial charge in [0, 0.05) is 32.7 Å². The Kier molecular flexibility index (Phi) is 8.69. The molecule has 1 aliphatic heterocycles. The molecule has 2 rings (SSSR count). The van der Waals surface area contributed by atoms with Gasteiger partial charge in [0.25, 0.3) is 0 Å². The quantitative estimate of drug-likeness (QED) is 0.545. The van der Waals surface area contributed by atoms with Gasteiger partial charge in [-0.3, -0.25) is 0 Å². The van der Waals surface area contributed by atoms with E-state index in [0.717, 1.165) is 18.1 Å². The van der Waals surface area contributed by atoms with Gasteiger partial charge in [0.2, 0.25) is 5.75 Å². The Morgan fingerprint density at radius 3 is 2.07 bits per heavy atom. The third-order valence-corrected chi connectivity index (χ3v) is 4.58. The zero-order chi connectivity index (χ0) is 21.2. The van der Waals surface area contributed by atoms with Crippen LogP contribution >= 0.6 is 0 Å². The van der Waals surface area contributed by atoms with E-state index in [1.165, 1.54) is 0 Å². The van der Waals surface area contributed by atoms with E-state index < -0.39 is 0 Å². The summed E-state index contributed by atoms with van der Waals surface area (Å²) in [5.41, 5.74) is 0.945. The predicted molar refractivity (Wildman–Crippen MR) is 111 cm³/mol. The average Bonchev–Trinajstić information content (AvgIpc) is 2.76. The number of aliphatic imine (C=N–C) groups is 1. The van der Waals surface area contributed by atoms with E-state index in [0.29, 0.717) is 56.6 Å². The number of hydrogen-bond donors (Lipinski definition) is 1. The third-order valence-electron chi connectivity index (χ3n) is 4.58. The first kappa shape index (κ1) is 22.4. The van der Waals surface area contributed by atoms with Crippen LogP contribution in [0.1, 0.15) is 19.4 Å². The Bertz CT molecular complexity index is 677. The second kappa shape index (κ2) is 11.2. The maximum absolute atomic E-state index is 11.9. The number of rotatable bonds is 7. The zero-order valence-electron chi connectivity index (χ0n) is 18.0. The van der Waals surface area contributed by atoms with Gasteiger partial charge in [-0.1, -0.05) is 0 Å². The van der Waals surface area contributed by atoms with E-state index in [9.17, 15) is 4.79 Å². The number of carbonyl (C=O) groups is 1. The van der Waals surface area contributed by atoms with Gasteiger partial charge in [-0.05, 0) is 31.5 Å². The highest BCUT2D eigenvalue weighted by atomic mass is 16.6. The normalized spacial score (nSPS) is 14.4. The van der Waals surface area contributed by atoms with Crippen molar-refractivity contribution in [2.45, 2.75) is 20.4 Å². The molecule has 1 aromatic carbocycles. The fourth-order valence-corrected chi connectivity index (χ4v) is 3.13. The number of guanidine groups is 1. The molecule has 0 bridgehead atoms. The summed E-state index contributed by atoms with van der Waals surface area (Å²) in [6.07, 6.45) is -0.258. The van der Waals surface area contributed by atoms with Crippen molar-refractivity contribution in [3.05, 3.63) is 17.7 Å². The molecule has 29 heavy (non-hydrogen) atoms. The van der Waals surface area contributed by atoms with E-state index in [2.05, 4.69) is 10.2 Å². The maximum Gasteiger partial charge on any atom is 0.409 e. The smallest absolute Gasteiger partial charge is 0.409 e. The Morgan fingerprint density at radius 2 is 1.59 bits per heavy atom. The molecule has 1 N–H and O–H groups in total. The molecule has 162 valence electrons. The van der Waals surface area contributed by atoms with Crippen molar-refractivity contribution in [2.75, 3.05) is 60.7 Å². The molecule has 1 heterocycles. The van der Waals surface area contributed by atoms with Crippen LogP contribution < -0.4 is 19.5 Å². The van der Waals surface area contributed by atoms with Crippen LogP contribution in [0.15, 0.2) is 17.1 Å². The topological polar surface area (TPSA) is 84.9 Å². The summed E-state index contributed by atoms with van der Waals surface area (Å²) in [4.78, 5) is 20.5. The standard InChI is InChI=1S/C20H32N4O5/c1-6-21-19(23-8-10-24(11-9-23)20(25)29-7-2)22-14-15-12-16(26-3)18(28-5)17(13-15)27-4/h12-13H,6-11,14H2,1-5H3,(H,21,22). The number of hydrogen-bond acceptors (Lipinski definition) is 6. The van der Waals surface area contributed by atoms with Crippen molar-refractivity contribution in [1.82, 2.24) is 15.1 Å². The lowest BCUT2D eigenvalue weighted by molar-refractivity contribution is 0.0914. The first-order valence-corrected chi connectivity index (χ1v) is 9.81. The van der Waals surface area contributed by atoms with Crippen LogP contribution in [-0.4, -0.2) is 82.5 Å². The van der Waals surface area contributed by atoms with E-state index >= 15 is 0 Å². The fraction of sp³-hybridized carbons (Fsp3) is 0.600. The van der Waals surface area contributed by atoms with Crippen LogP contribution in [0.2, 0.25) is 0 Å². The Balaban J connectivity index is 2.11. The third kappa shape index (κ3) is 5.82. The van der Waals surface area contributed by atoms with Gasteiger partial charge in [0.05, 0.1) is 34.5 Å². The van der Waals surface area contributed by atoms with Gasteiger partial charge in [-0.2, -0.15) is 0 Å². The number of ether oxygens (including phenoxy) is 4. The second-order valence-corrected chi connectivity index (χ2v) is 6.38. The SMILES string of the molecule is CCNC(=NCc1cc(OC)c(OC)c(OC)c1)N1CCN(C(=O)OCC)CC1. The minimum absolute atomic E-state index is 0.258. The monoisotopic (exact) mass is 408 g/mol. The van der Waals surface area contributed by atoms with Gasteiger partial charge in [-0.15, -0.1) is 0 Å². The molecule has 0 aromatic heterocycles. The van der Waals surface area contributed by atoms with Crippen LogP contribution in [-0.2, 0) is 11.3 Å². The Morgan fingerprint density at radius 1 is 1.00 bits per heavy atom. The number of nitrogens with zero attached hydrogens (tertiary/aromatic N) is 3. The molecule has 0 radical (unpaired) electrons. The number of benzene rings is 1. The van der Waals surface area contributed by atoms with Gasteiger partial charge in [0.1, 0.15) is 0 Å².